The van der Waals surface area contributed by atoms with Crippen LogP contribution in [-0.4, -0.2) is 54.1 Å². The highest BCUT2D eigenvalue weighted by Gasteiger charge is 2.43. The number of sulfonamides is 1. The van der Waals surface area contributed by atoms with Gasteiger partial charge in [0.05, 0.1) is 23.9 Å². The Morgan fingerprint density at radius 1 is 1.50 bits per heavy atom. The fraction of sp³-hybridized carbons (Fsp3) is 0.692. The number of carbonyl (C=O) groups is 1. The second kappa shape index (κ2) is 5.88. The van der Waals surface area contributed by atoms with E-state index in [1.54, 1.807) is 6.92 Å². The van der Waals surface area contributed by atoms with Crippen LogP contribution in [0.3, 0.4) is 0 Å². The van der Waals surface area contributed by atoms with Crippen LogP contribution in [0.25, 0.3) is 0 Å². The van der Waals surface area contributed by atoms with E-state index in [1.807, 2.05) is 20.8 Å². The number of ether oxygens (including phenoxy) is 1. The molecule has 9 heteroatoms. The highest BCUT2D eigenvalue weighted by molar-refractivity contribution is 7.91. The number of rotatable bonds is 3. The maximum Gasteiger partial charge on any atom is 0.324 e. The highest BCUT2D eigenvalue weighted by Crippen LogP contribution is 2.32. The van der Waals surface area contributed by atoms with E-state index in [0.717, 1.165) is 15.6 Å². The molecule has 1 fully saturated rings. The predicted molar refractivity (Wildman–Crippen MR) is 81.5 cm³/mol. The van der Waals surface area contributed by atoms with Gasteiger partial charge in [-0.1, -0.05) is 20.8 Å². The third kappa shape index (κ3) is 3.17. The fourth-order valence-corrected chi connectivity index (χ4v) is 5.17. The van der Waals surface area contributed by atoms with Gasteiger partial charge in [-0.3, -0.25) is 4.79 Å². The van der Waals surface area contributed by atoms with Crippen molar-refractivity contribution in [1.29, 1.82) is 0 Å². The third-order valence-corrected chi connectivity index (χ3v) is 7.13. The summed E-state index contributed by atoms with van der Waals surface area (Å²) in [6.45, 7) is 7.59. The van der Waals surface area contributed by atoms with Gasteiger partial charge in [-0.25, -0.2) is 13.4 Å². The first kappa shape index (κ1) is 17.3. The monoisotopic (exact) mass is 348 g/mol. The Bertz CT molecular complexity index is 662. The van der Waals surface area contributed by atoms with Crippen molar-refractivity contribution < 1.29 is 23.1 Å². The molecule has 124 valence electrons. The number of hydrogen-bond donors (Lipinski definition) is 1. The fourth-order valence-electron chi connectivity index (χ4n) is 2.23. The molecule has 0 radical (unpaired) electrons. The van der Waals surface area contributed by atoms with Crippen LogP contribution in [0.15, 0.2) is 10.4 Å². The Balaban J connectivity index is 2.40. The molecule has 1 aromatic rings. The van der Waals surface area contributed by atoms with Crippen LogP contribution in [0.1, 0.15) is 32.7 Å². The molecule has 1 aliphatic heterocycles. The van der Waals surface area contributed by atoms with E-state index in [-0.39, 0.29) is 22.8 Å². The summed E-state index contributed by atoms with van der Waals surface area (Å²) in [5, 5.41) is 10.0. The van der Waals surface area contributed by atoms with E-state index in [2.05, 4.69) is 4.98 Å². The molecule has 0 aromatic carbocycles. The lowest BCUT2D eigenvalue weighted by Crippen LogP contribution is -2.56. The summed E-state index contributed by atoms with van der Waals surface area (Å²) in [6.07, 6.45) is 0.607. The van der Waals surface area contributed by atoms with Gasteiger partial charge in [-0.15, -0.1) is 11.3 Å². The molecule has 0 saturated carbocycles. The van der Waals surface area contributed by atoms with Gasteiger partial charge in [0, 0.05) is 12.0 Å². The first-order valence-corrected chi connectivity index (χ1v) is 9.13. The van der Waals surface area contributed by atoms with Crippen LogP contribution in [-0.2, 0) is 25.0 Å². The molecule has 22 heavy (non-hydrogen) atoms. The normalized spacial score (nSPS) is 24.4. The molecule has 1 N–H and O–H groups in total. The Hall–Kier alpha value is -1.03. The van der Waals surface area contributed by atoms with Crippen LogP contribution in [0.2, 0.25) is 0 Å². The van der Waals surface area contributed by atoms with Crippen LogP contribution >= 0.6 is 11.3 Å². The molecule has 2 rings (SSSR count). The average Bonchev–Trinajstić information content (AvgIpc) is 2.87. The SMILES string of the molecule is C[C@@H]1OCCN(S(=O)(=O)c2cnc(C(C)(C)C)s2)[C@H]1C(=O)O. The lowest BCUT2D eigenvalue weighted by Gasteiger charge is -2.35. The number of nitrogens with zero attached hydrogens (tertiary/aromatic N) is 2. The Morgan fingerprint density at radius 2 is 2.14 bits per heavy atom. The van der Waals surface area contributed by atoms with Crippen molar-refractivity contribution in [2.45, 2.75) is 49.5 Å². The standard InChI is InChI=1S/C13H20N2O5S2/c1-8-10(11(16)17)15(5-6-20-8)22(18,19)9-7-14-12(21-9)13(2,3)4/h7-8,10H,5-6H2,1-4H3,(H,16,17)/t8-,10+/m0/s1. The van der Waals surface area contributed by atoms with Crippen LogP contribution in [0.5, 0.6) is 0 Å². The number of carboxylic acids is 1. The third-order valence-electron chi connectivity index (χ3n) is 3.39. The summed E-state index contributed by atoms with van der Waals surface area (Å²) in [6, 6.07) is -1.22. The molecular weight excluding hydrogens is 328 g/mol. The first-order valence-electron chi connectivity index (χ1n) is 6.87. The zero-order chi connectivity index (χ0) is 16.7. The molecule has 0 aliphatic carbocycles. The second-order valence-corrected chi connectivity index (χ2v) is 9.36. The Kier molecular flexibility index (Phi) is 4.63. The molecule has 0 unspecified atom stereocenters. The molecule has 0 bridgehead atoms. The molecule has 1 saturated heterocycles. The molecule has 1 aliphatic rings. The van der Waals surface area contributed by atoms with E-state index >= 15 is 0 Å². The summed E-state index contributed by atoms with van der Waals surface area (Å²) in [7, 11) is -3.90. The summed E-state index contributed by atoms with van der Waals surface area (Å²) >= 11 is 1.08. The molecule has 0 spiro atoms. The lowest BCUT2D eigenvalue weighted by atomic mass is 9.98. The van der Waals surface area contributed by atoms with E-state index in [1.165, 1.54) is 6.20 Å². The van der Waals surface area contributed by atoms with Gasteiger partial charge in [0.25, 0.3) is 10.0 Å². The minimum Gasteiger partial charge on any atom is -0.480 e. The van der Waals surface area contributed by atoms with Crippen molar-refractivity contribution in [3.63, 3.8) is 0 Å². The summed E-state index contributed by atoms with van der Waals surface area (Å²) < 4.78 is 31.9. The minimum absolute atomic E-state index is 0.0202. The average molecular weight is 348 g/mol. The quantitative estimate of drug-likeness (QED) is 0.884. The van der Waals surface area contributed by atoms with Crippen molar-refractivity contribution in [3.05, 3.63) is 11.2 Å². The van der Waals surface area contributed by atoms with E-state index in [9.17, 15) is 18.3 Å². The second-order valence-electron chi connectivity index (χ2n) is 6.21. The lowest BCUT2D eigenvalue weighted by molar-refractivity contribution is -0.150. The van der Waals surface area contributed by atoms with Crippen molar-refractivity contribution in [2.75, 3.05) is 13.2 Å². The van der Waals surface area contributed by atoms with E-state index < -0.39 is 28.1 Å². The van der Waals surface area contributed by atoms with Crippen molar-refractivity contribution in [1.82, 2.24) is 9.29 Å². The predicted octanol–water partition coefficient (Wildman–Crippen LogP) is 1.30. The molecule has 0 amide bonds. The molecule has 7 nitrogen and oxygen atoms in total. The number of carboxylic acid groups (broad SMARTS) is 1. The maximum atomic E-state index is 12.8. The zero-order valence-electron chi connectivity index (χ0n) is 12.9. The number of hydrogen-bond acceptors (Lipinski definition) is 6. The smallest absolute Gasteiger partial charge is 0.324 e. The summed E-state index contributed by atoms with van der Waals surface area (Å²) in [5.41, 5.74) is -0.261. The molecule has 1 aromatic heterocycles. The number of aromatic nitrogens is 1. The largest absolute Gasteiger partial charge is 0.480 e. The number of aliphatic carboxylic acids is 1. The van der Waals surface area contributed by atoms with E-state index in [0.29, 0.717) is 5.01 Å². The van der Waals surface area contributed by atoms with Crippen molar-refractivity contribution in [2.24, 2.45) is 0 Å². The zero-order valence-corrected chi connectivity index (χ0v) is 14.6. The number of thiazole rings is 1. The minimum atomic E-state index is -3.90. The van der Waals surface area contributed by atoms with Gasteiger partial charge in [0.15, 0.2) is 4.21 Å². The van der Waals surface area contributed by atoms with Gasteiger partial charge in [0.1, 0.15) is 6.04 Å². The van der Waals surface area contributed by atoms with E-state index in [4.69, 9.17) is 4.74 Å². The van der Waals surface area contributed by atoms with Crippen molar-refractivity contribution in [3.8, 4) is 0 Å². The van der Waals surface area contributed by atoms with Gasteiger partial charge in [0.2, 0.25) is 0 Å². The molecule has 2 atom stereocenters. The topological polar surface area (TPSA) is 96.8 Å². The Morgan fingerprint density at radius 3 is 2.64 bits per heavy atom. The van der Waals surface area contributed by atoms with Gasteiger partial charge >= 0.3 is 5.97 Å². The van der Waals surface area contributed by atoms with Gasteiger partial charge < -0.3 is 9.84 Å². The van der Waals surface area contributed by atoms with Crippen LogP contribution in [0.4, 0.5) is 0 Å². The number of morpholine rings is 1. The summed E-state index contributed by atoms with van der Waals surface area (Å²) in [5.74, 6) is -1.21. The van der Waals surface area contributed by atoms with Crippen molar-refractivity contribution >= 4 is 27.3 Å². The van der Waals surface area contributed by atoms with Crippen LogP contribution in [0, 0.1) is 0 Å². The van der Waals surface area contributed by atoms with Gasteiger partial charge in [-0.2, -0.15) is 4.31 Å². The van der Waals surface area contributed by atoms with Crippen LogP contribution < -0.4 is 0 Å². The molecular formula is C13H20N2O5S2. The Labute approximate surface area is 134 Å². The maximum absolute atomic E-state index is 12.8. The molecule has 2 heterocycles. The summed E-state index contributed by atoms with van der Waals surface area (Å²) in [4.78, 5) is 15.6. The van der Waals surface area contributed by atoms with Gasteiger partial charge in [-0.05, 0) is 6.92 Å². The first-order chi connectivity index (χ1) is 10.0. The highest BCUT2D eigenvalue weighted by atomic mass is 32.2.